The molecule has 0 N–H and O–H groups in total. The zero-order valence-corrected chi connectivity index (χ0v) is 18.1. The highest BCUT2D eigenvalue weighted by atomic mass is 32.2. The van der Waals surface area contributed by atoms with Crippen LogP contribution in [0.1, 0.15) is 18.4 Å². The van der Waals surface area contributed by atoms with Crippen molar-refractivity contribution in [3.05, 3.63) is 48.0 Å². The fraction of sp³-hybridized carbons (Fsp3) is 0.381. The summed E-state index contributed by atoms with van der Waals surface area (Å²) in [5.41, 5.74) is 1.48. The molecule has 0 spiro atoms. The zero-order valence-electron chi connectivity index (χ0n) is 17.3. The standard InChI is InChI=1S/C21H26N2O6S/c1-22(14-16-6-9-18(27-2)10-7-16)21(24)5-4-12-23(30(3,25)26)17-8-11-19-20(13-17)29-15-28-19/h6-11,13H,4-5,12,14-15H2,1-3H3. The molecular weight excluding hydrogens is 408 g/mol. The van der Waals surface area contributed by atoms with Gasteiger partial charge >= 0.3 is 0 Å². The fourth-order valence-electron chi connectivity index (χ4n) is 3.18. The van der Waals surface area contributed by atoms with Crippen molar-refractivity contribution in [1.82, 2.24) is 4.90 Å². The van der Waals surface area contributed by atoms with Crippen LogP contribution in [-0.2, 0) is 21.4 Å². The summed E-state index contributed by atoms with van der Waals surface area (Å²) < 4.78 is 41.6. The number of amides is 1. The lowest BCUT2D eigenvalue weighted by Crippen LogP contribution is -2.32. The number of sulfonamides is 1. The molecule has 1 heterocycles. The molecule has 30 heavy (non-hydrogen) atoms. The third-order valence-corrected chi connectivity index (χ3v) is 5.99. The molecule has 2 aromatic rings. The van der Waals surface area contributed by atoms with Crippen LogP contribution in [0.4, 0.5) is 5.69 Å². The van der Waals surface area contributed by atoms with Gasteiger partial charge in [-0.25, -0.2) is 8.42 Å². The largest absolute Gasteiger partial charge is 0.497 e. The number of fused-ring (bicyclic) bond motifs is 1. The predicted octanol–water partition coefficient (Wildman–Crippen LogP) is 2.63. The van der Waals surface area contributed by atoms with E-state index in [4.69, 9.17) is 14.2 Å². The number of benzene rings is 2. The molecule has 162 valence electrons. The summed E-state index contributed by atoms with van der Waals surface area (Å²) in [5, 5.41) is 0. The minimum absolute atomic E-state index is 0.0510. The van der Waals surface area contributed by atoms with E-state index in [-0.39, 0.29) is 25.7 Å². The van der Waals surface area contributed by atoms with E-state index in [1.165, 1.54) is 4.31 Å². The van der Waals surface area contributed by atoms with Crippen LogP contribution < -0.4 is 18.5 Å². The van der Waals surface area contributed by atoms with Gasteiger partial charge in [0.15, 0.2) is 11.5 Å². The Hall–Kier alpha value is -2.94. The van der Waals surface area contributed by atoms with Crippen LogP contribution >= 0.6 is 0 Å². The van der Waals surface area contributed by atoms with Crippen LogP contribution in [0.2, 0.25) is 0 Å². The van der Waals surface area contributed by atoms with E-state index in [0.717, 1.165) is 17.6 Å². The molecule has 0 unspecified atom stereocenters. The topological polar surface area (TPSA) is 85.4 Å². The second-order valence-electron chi connectivity index (χ2n) is 7.07. The first kappa shape index (κ1) is 21.8. The molecule has 0 atom stereocenters. The number of hydrogen-bond acceptors (Lipinski definition) is 6. The molecule has 1 amide bonds. The highest BCUT2D eigenvalue weighted by Gasteiger charge is 2.22. The summed E-state index contributed by atoms with van der Waals surface area (Å²) in [6.45, 7) is 0.786. The number of rotatable bonds is 9. The lowest BCUT2D eigenvalue weighted by molar-refractivity contribution is -0.130. The minimum atomic E-state index is -3.51. The van der Waals surface area contributed by atoms with Gasteiger partial charge in [-0.1, -0.05) is 12.1 Å². The molecule has 1 aliphatic heterocycles. The van der Waals surface area contributed by atoms with E-state index in [9.17, 15) is 13.2 Å². The second-order valence-corrected chi connectivity index (χ2v) is 8.98. The quantitative estimate of drug-likeness (QED) is 0.603. The smallest absolute Gasteiger partial charge is 0.232 e. The highest BCUT2D eigenvalue weighted by Crippen LogP contribution is 2.36. The maximum Gasteiger partial charge on any atom is 0.232 e. The molecule has 3 rings (SSSR count). The molecule has 2 aromatic carbocycles. The Labute approximate surface area is 177 Å². The van der Waals surface area contributed by atoms with Crippen molar-refractivity contribution in [3.63, 3.8) is 0 Å². The molecular formula is C21H26N2O6S. The molecule has 0 saturated heterocycles. The lowest BCUT2D eigenvalue weighted by Gasteiger charge is -2.23. The summed E-state index contributed by atoms with van der Waals surface area (Å²) >= 11 is 0. The van der Waals surface area contributed by atoms with E-state index < -0.39 is 10.0 Å². The molecule has 1 aliphatic rings. The van der Waals surface area contributed by atoms with Gasteiger partial charge in [-0.15, -0.1) is 0 Å². The van der Waals surface area contributed by atoms with Crippen molar-refractivity contribution in [2.75, 3.05) is 38.1 Å². The van der Waals surface area contributed by atoms with E-state index in [1.807, 2.05) is 24.3 Å². The number of carbonyl (C=O) groups is 1. The van der Waals surface area contributed by atoms with Gasteiger partial charge in [-0.05, 0) is 36.2 Å². The van der Waals surface area contributed by atoms with Crippen molar-refractivity contribution in [2.45, 2.75) is 19.4 Å². The maximum absolute atomic E-state index is 12.5. The summed E-state index contributed by atoms with van der Waals surface area (Å²) in [4.78, 5) is 14.1. The number of anilines is 1. The van der Waals surface area contributed by atoms with Crippen LogP contribution in [0, 0.1) is 0 Å². The normalized spacial score (nSPS) is 12.5. The Bertz CT molecular complexity index is 991. The fourth-order valence-corrected chi connectivity index (χ4v) is 4.14. The predicted molar refractivity (Wildman–Crippen MR) is 113 cm³/mol. The molecule has 0 radical (unpaired) electrons. The van der Waals surface area contributed by atoms with E-state index >= 15 is 0 Å². The summed E-state index contributed by atoms with van der Waals surface area (Å²) in [7, 11) is -0.169. The molecule has 8 nitrogen and oxygen atoms in total. The number of ether oxygens (including phenoxy) is 3. The van der Waals surface area contributed by atoms with Crippen molar-refractivity contribution in [2.24, 2.45) is 0 Å². The van der Waals surface area contributed by atoms with Crippen molar-refractivity contribution >= 4 is 21.6 Å². The van der Waals surface area contributed by atoms with Crippen molar-refractivity contribution in [3.8, 4) is 17.2 Å². The lowest BCUT2D eigenvalue weighted by atomic mass is 10.2. The average molecular weight is 435 g/mol. The van der Waals surface area contributed by atoms with Crippen LogP contribution in [0.25, 0.3) is 0 Å². The van der Waals surface area contributed by atoms with E-state index in [1.54, 1.807) is 37.3 Å². The Morgan fingerprint density at radius 3 is 2.47 bits per heavy atom. The van der Waals surface area contributed by atoms with Gasteiger partial charge < -0.3 is 19.1 Å². The monoisotopic (exact) mass is 434 g/mol. The first-order chi connectivity index (χ1) is 14.3. The van der Waals surface area contributed by atoms with Crippen LogP contribution in [0.15, 0.2) is 42.5 Å². The van der Waals surface area contributed by atoms with Gasteiger partial charge in [0.1, 0.15) is 5.75 Å². The molecule has 9 heteroatoms. The third kappa shape index (κ3) is 5.35. The SMILES string of the molecule is COc1ccc(CN(C)C(=O)CCCN(c2ccc3c(c2)OCO3)S(C)(=O)=O)cc1. The second kappa shape index (κ2) is 9.25. The first-order valence-electron chi connectivity index (χ1n) is 9.52. The van der Waals surface area contributed by atoms with Crippen molar-refractivity contribution < 1.29 is 27.4 Å². The minimum Gasteiger partial charge on any atom is -0.497 e. The van der Waals surface area contributed by atoms with Gasteiger partial charge in [0.2, 0.25) is 22.7 Å². The third-order valence-electron chi connectivity index (χ3n) is 4.80. The molecule has 0 fully saturated rings. The molecule has 0 bridgehead atoms. The van der Waals surface area contributed by atoms with Crippen LogP contribution in [0.3, 0.4) is 0 Å². The first-order valence-corrected chi connectivity index (χ1v) is 11.4. The molecule has 0 saturated carbocycles. The Morgan fingerprint density at radius 1 is 1.10 bits per heavy atom. The Balaban J connectivity index is 1.57. The summed E-state index contributed by atoms with van der Waals surface area (Å²) in [6, 6.07) is 12.5. The average Bonchev–Trinajstić information content (AvgIpc) is 3.18. The van der Waals surface area contributed by atoms with Gasteiger partial charge in [0, 0.05) is 32.6 Å². The van der Waals surface area contributed by atoms with Crippen LogP contribution in [-0.4, -0.2) is 53.0 Å². The van der Waals surface area contributed by atoms with Gasteiger partial charge in [-0.3, -0.25) is 9.10 Å². The Kier molecular flexibility index (Phi) is 6.71. The highest BCUT2D eigenvalue weighted by molar-refractivity contribution is 7.92. The van der Waals surface area contributed by atoms with E-state index in [2.05, 4.69) is 0 Å². The summed E-state index contributed by atoms with van der Waals surface area (Å²) in [6.07, 6.45) is 1.78. The maximum atomic E-state index is 12.5. The zero-order chi connectivity index (χ0) is 21.7. The summed E-state index contributed by atoms with van der Waals surface area (Å²) in [5.74, 6) is 1.81. The Morgan fingerprint density at radius 2 is 1.80 bits per heavy atom. The number of hydrogen-bond donors (Lipinski definition) is 0. The van der Waals surface area contributed by atoms with Gasteiger partial charge in [0.25, 0.3) is 0 Å². The molecule has 0 aromatic heterocycles. The van der Waals surface area contributed by atoms with Crippen LogP contribution in [0.5, 0.6) is 17.2 Å². The van der Waals surface area contributed by atoms with Gasteiger partial charge in [0.05, 0.1) is 19.1 Å². The molecule has 0 aliphatic carbocycles. The number of carbonyl (C=O) groups excluding carboxylic acids is 1. The van der Waals surface area contributed by atoms with E-state index in [0.29, 0.717) is 30.2 Å². The number of methoxy groups -OCH3 is 1. The van der Waals surface area contributed by atoms with Gasteiger partial charge in [-0.2, -0.15) is 0 Å². The number of nitrogens with zero attached hydrogens (tertiary/aromatic N) is 2. The van der Waals surface area contributed by atoms with Crippen molar-refractivity contribution in [1.29, 1.82) is 0 Å².